The predicted octanol–water partition coefficient (Wildman–Crippen LogP) is 6.61. The van der Waals surface area contributed by atoms with Gasteiger partial charge in [-0.1, -0.05) is 91.0 Å². The summed E-state index contributed by atoms with van der Waals surface area (Å²) in [5.74, 6) is 0.834. The minimum atomic E-state index is -0.151. The van der Waals surface area contributed by atoms with Gasteiger partial charge >= 0.3 is 0 Å². The van der Waals surface area contributed by atoms with Crippen LogP contribution in [0.15, 0.2) is 126 Å². The number of methoxy groups -OCH3 is 1. The van der Waals surface area contributed by atoms with Crippen molar-refractivity contribution in [3.63, 3.8) is 0 Å². The van der Waals surface area contributed by atoms with Crippen molar-refractivity contribution in [2.75, 3.05) is 7.11 Å². The second kappa shape index (κ2) is 9.68. The number of nitrogens with one attached hydrogen (secondary N) is 1. The van der Waals surface area contributed by atoms with Crippen molar-refractivity contribution >= 4 is 11.8 Å². The number of nitrogens with zero attached hydrogens (tertiary/aromatic N) is 1. The molecule has 1 aliphatic rings. The van der Waals surface area contributed by atoms with Gasteiger partial charge in [0.1, 0.15) is 11.9 Å². The van der Waals surface area contributed by atoms with Gasteiger partial charge in [-0.25, -0.2) is 0 Å². The van der Waals surface area contributed by atoms with E-state index in [0.29, 0.717) is 0 Å². The Balaban J connectivity index is 1.70. The molecule has 1 aliphatic heterocycles. The zero-order chi connectivity index (χ0) is 22.5. The Bertz CT molecular complexity index is 1250. The monoisotopic (exact) mass is 430 g/mol. The summed E-state index contributed by atoms with van der Waals surface area (Å²) in [7, 11) is 1.69. The second-order valence-electron chi connectivity index (χ2n) is 8.04. The van der Waals surface area contributed by atoms with Crippen molar-refractivity contribution < 1.29 is 4.74 Å². The molecule has 3 nitrogen and oxygen atoms in total. The molecule has 0 fully saturated rings. The summed E-state index contributed by atoms with van der Waals surface area (Å²) >= 11 is 0. The highest BCUT2D eigenvalue weighted by atomic mass is 16.5. The molecule has 0 radical (unpaired) electrons. The van der Waals surface area contributed by atoms with Crippen molar-refractivity contribution in [3.8, 4) is 5.75 Å². The minimum Gasteiger partial charge on any atom is -0.497 e. The molecule has 33 heavy (non-hydrogen) atoms. The third kappa shape index (κ3) is 4.64. The lowest BCUT2D eigenvalue weighted by molar-refractivity contribution is 0.415. The molecule has 5 rings (SSSR count). The first kappa shape index (κ1) is 20.9. The van der Waals surface area contributed by atoms with E-state index in [0.717, 1.165) is 33.7 Å². The quantitative estimate of drug-likeness (QED) is 0.386. The van der Waals surface area contributed by atoms with Gasteiger partial charge in [0.15, 0.2) is 0 Å². The first-order valence-corrected chi connectivity index (χ1v) is 11.2. The third-order valence-corrected chi connectivity index (χ3v) is 5.90. The Hall–Kier alpha value is -3.95. The minimum absolute atomic E-state index is 0.00814. The van der Waals surface area contributed by atoms with Crippen LogP contribution in [-0.2, 0) is 0 Å². The van der Waals surface area contributed by atoms with Crippen LogP contribution in [0.3, 0.4) is 0 Å². The molecular weight excluding hydrogens is 404 g/mol. The van der Waals surface area contributed by atoms with Gasteiger partial charge in [-0.15, -0.1) is 0 Å². The molecule has 1 N–H and O–H groups in total. The van der Waals surface area contributed by atoms with Crippen LogP contribution < -0.4 is 10.1 Å². The number of benzene rings is 4. The zero-order valence-electron chi connectivity index (χ0n) is 18.6. The van der Waals surface area contributed by atoms with Gasteiger partial charge in [0.25, 0.3) is 0 Å². The van der Waals surface area contributed by atoms with Crippen molar-refractivity contribution in [3.05, 3.63) is 143 Å². The van der Waals surface area contributed by atoms with E-state index in [2.05, 4.69) is 102 Å². The standard InChI is InChI=1S/C30H26N2O/c1-33-26-19-17-24(18-20-26)29-27(21-22-11-5-2-6-12-22)28(23-13-7-3-8-14-23)31-30(32-29)25-15-9-4-10-16-25/h2-21,28,30-31H,1H3/b27-21+. The lowest BCUT2D eigenvalue weighted by atomic mass is 9.87. The smallest absolute Gasteiger partial charge is 0.127 e. The summed E-state index contributed by atoms with van der Waals surface area (Å²) < 4.78 is 5.39. The van der Waals surface area contributed by atoms with Crippen LogP contribution in [0.1, 0.15) is 34.5 Å². The average molecular weight is 431 g/mol. The number of ether oxygens (including phenoxy) is 1. The van der Waals surface area contributed by atoms with Crippen molar-refractivity contribution in [1.29, 1.82) is 0 Å². The van der Waals surface area contributed by atoms with Crippen molar-refractivity contribution in [1.82, 2.24) is 5.32 Å². The largest absolute Gasteiger partial charge is 0.497 e. The van der Waals surface area contributed by atoms with Gasteiger partial charge in [-0.05, 0) is 47.0 Å². The van der Waals surface area contributed by atoms with Crippen LogP contribution >= 0.6 is 0 Å². The van der Waals surface area contributed by atoms with Crippen LogP contribution in [0, 0.1) is 0 Å². The van der Waals surface area contributed by atoms with E-state index in [-0.39, 0.29) is 12.2 Å². The average Bonchev–Trinajstić information content (AvgIpc) is 2.90. The fourth-order valence-corrected chi connectivity index (χ4v) is 4.22. The molecule has 2 unspecified atom stereocenters. The molecule has 0 saturated heterocycles. The highest BCUT2D eigenvalue weighted by molar-refractivity contribution is 6.16. The Labute approximate surface area is 195 Å². The Morgan fingerprint density at radius 3 is 1.88 bits per heavy atom. The first-order chi connectivity index (χ1) is 16.3. The van der Waals surface area contributed by atoms with E-state index in [1.54, 1.807) is 7.11 Å². The third-order valence-electron chi connectivity index (χ3n) is 5.90. The maximum absolute atomic E-state index is 5.39. The molecule has 0 saturated carbocycles. The second-order valence-corrected chi connectivity index (χ2v) is 8.04. The fourth-order valence-electron chi connectivity index (χ4n) is 4.22. The maximum atomic E-state index is 5.39. The van der Waals surface area contributed by atoms with Gasteiger partial charge in [0.05, 0.1) is 18.9 Å². The molecule has 0 spiro atoms. The first-order valence-electron chi connectivity index (χ1n) is 11.2. The van der Waals surface area contributed by atoms with E-state index in [9.17, 15) is 0 Å². The normalized spacial score (nSPS) is 19.2. The summed E-state index contributed by atoms with van der Waals surface area (Å²) in [6, 6.07) is 39.6. The zero-order valence-corrected chi connectivity index (χ0v) is 18.6. The highest BCUT2D eigenvalue weighted by Crippen LogP contribution is 2.36. The van der Waals surface area contributed by atoms with Gasteiger partial charge in [-0.3, -0.25) is 10.3 Å². The van der Waals surface area contributed by atoms with Gasteiger partial charge in [-0.2, -0.15) is 0 Å². The fraction of sp³-hybridized carbons (Fsp3) is 0.100. The molecule has 3 heteroatoms. The van der Waals surface area contributed by atoms with Gasteiger partial charge in [0.2, 0.25) is 0 Å². The van der Waals surface area contributed by atoms with Crippen molar-refractivity contribution in [2.24, 2.45) is 4.99 Å². The molecule has 0 amide bonds. The van der Waals surface area contributed by atoms with E-state index < -0.39 is 0 Å². The van der Waals surface area contributed by atoms with Crippen LogP contribution in [0.5, 0.6) is 5.75 Å². The van der Waals surface area contributed by atoms with Crippen LogP contribution in [0.4, 0.5) is 0 Å². The van der Waals surface area contributed by atoms with Crippen LogP contribution in [0.2, 0.25) is 0 Å². The molecule has 4 aromatic rings. The van der Waals surface area contributed by atoms with Gasteiger partial charge in [0, 0.05) is 11.1 Å². The molecule has 1 heterocycles. The summed E-state index contributed by atoms with van der Waals surface area (Å²) in [4.78, 5) is 5.23. The number of rotatable bonds is 5. The van der Waals surface area contributed by atoms with Crippen LogP contribution in [-0.4, -0.2) is 12.8 Å². The van der Waals surface area contributed by atoms with E-state index in [4.69, 9.17) is 9.73 Å². The lowest BCUT2D eigenvalue weighted by Crippen LogP contribution is -2.35. The Morgan fingerprint density at radius 1 is 0.697 bits per heavy atom. The van der Waals surface area contributed by atoms with E-state index in [1.165, 1.54) is 5.56 Å². The SMILES string of the molecule is COc1ccc(C2=NC(c3ccccc3)NC(c3ccccc3)/C2=C\c2ccccc2)cc1. The summed E-state index contributed by atoms with van der Waals surface area (Å²) in [6.45, 7) is 0. The van der Waals surface area contributed by atoms with Gasteiger partial charge < -0.3 is 4.74 Å². The molecule has 0 aromatic heterocycles. The molecular formula is C30H26N2O. The molecule has 2 atom stereocenters. The summed E-state index contributed by atoms with van der Waals surface area (Å²) in [6.07, 6.45) is 2.09. The number of hydrogen-bond donors (Lipinski definition) is 1. The topological polar surface area (TPSA) is 33.6 Å². The highest BCUT2D eigenvalue weighted by Gasteiger charge is 2.30. The Morgan fingerprint density at radius 2 is 1.27 bits per heavy atom. The van der Waals surface area contributed by atoms with E-state index >= 15 is 0 Å². The number of hydrogen-bond acceptors (Lipinski definition) is 3. The summed E-state index contributed by atoms with van der Waals surface area (Å²) in [5.41, 5.74) is 6.70. The predicted molar refractivity (Wildman–Crippen MR) is 135 cm³/mol. The molecule has 0 aliphatic carbocycles. The van der Waals surface area contributed by atoms with Crippen LogP contribution in [0.25, 0.3) is 6.08 Å². The maximum Gasteiger partial charge on any atom is 0.127 e. The molecule has 162 valence electrons. The molecule has 0 bridgehead atoms. The van der Waals surface area contributed by atoms with E-state index in [1.807, 2.05) is 24.3 Å². The van der Waals surface area contributed by atoms with Crippen molar-refractivity contribution in [2.45, 2.75) is 12.2 Å². The number of aliphatic imine (C=N–C) groups is 1. The molecule has 4 aromatic carbocycles. The Kier molecular flexibility index (Phi) is 6.14. The summed E-state index contributed by atoms with van der Waals surface area (Å²) in [5, 5.41) is 3.80. The lowest BCUT2D eigenvalue weighted by Gasteiger charge is -2.33.